The Morgan fingerprint density at radius 1 is 1.16 bits per heavy atom. The molecular formula is C19H21N3O3. The summed E-state index contributed by atoms with van der Waals surface area (Å²) in [5, 5.41) is 2.93. The summed E-state index contributed by atoms with van der Waals surface area (Å²) < 4.78 is 5.74. The Bertz CT molecular complexity index is 807. The molecule has 2 fully saturated rings. The van der Waals surface area contributed by atoms with Crippen molar-refractivity contribution in [1.82, 2.24) is 15.2 Å². The third-order valence-electron chi connectivity index (χ3n) is 5.17. The van der Waals surface area contributed by atoms with E-state index >= 15 is 0 Å². The molecule has 2 aliphatic rings. The smallest absolute Gasteiger partial charge is 0.325 e. The van der Waals surface area contributed by atoms with Crippen LogP contribution in [-0.4, -0.2) is 27.4 Å². The van der Waals surface area contributed by atoms with Crippen LogP contribution in [-0.2, 0) is 11.3 Å². The van der Waals surface area contributed by atoms with Gasteiger partial charge in [0.1, 0.15) is 17.0 Å². The van der Waals surface area contributed by atoms with Crippen molar-refractivity contribution in [2.24, 2.45) is 0 Å². The van der Waals surface area contributed by atoms with E-state index in [1.165, 1.54) is 4.90 Å². The first kappa shape index (κ1) is 15.9. The molecule has 1 aliphatic heterocycles. The summed E-state index contributed by atoms with van der Waals surface area (Å²) >= 11 is 0. The number of urea groups is 1. The van der Waals surface area contributed by atoms with Gasteiger partial charge in [-0.15, -0.1) is 0 Å². The highest BCUT2D eigenvalue weighted by molar-refractivity contribution is 6.07. The van der Waals surface area contributed by atoms with Crippen molar-refractivity contribution in [2.45, 2.75) is 51.1 Å². The van der Waals surface area contributed by atoms with Crippen molar-refractivity contribution < 1.29 is 14.0 Å². The summed E-state index contributed by atoms with van der Waals surface area (Å²) in [4.78, 5) is 31.0. The van der Waals surface area contributed by atoms with Crippen molar-refractivity contribution in [3.63, 3.8) is 0 Å². The SMILES string of the molecule is Cc1oc(-c2ccccc2)nc1CN1C(=O)NC2(CCCCC2)C1=O. The fourth-order valence-corrected chi connectivity index (χ4v) is 3.74. The van der Waals surface area contributed by atoms with Crippen LogP contribution in [0.2, 0.25) is 0 Å². The predicted octanol–water partition coefficient (Wildman–Crippen LogP) is 3.40. The van der Waals surface area contributed by atoms with E-state index in [0.717, 1.165) is 37.7 Å². The number of rotatable bonds is 3. The van der Waals surface area contributed by atoms with E-state index in [0.29, 0.717) is 17.3 Å². The summed E-state index contributed by atoms with van der Waals surface area (Å²) in [5.74, 6) is 1.01. The normalized spacial score (nSPS) is 19.5. The number of imide groups is 1. The van der Waals surface area contributed by atoms with Crippen LogP contribution in [0, 0.1) is 6.92 Å². The van der Waals surface area contributed by atoms with Crippen LogP contribution in [0.1, 0.15) is 43.6 Å². The maximum absolute atomic E-state index is 12.9. The lowest BCUT2D eigenvalue weighted by Gasteiger charge is -2.30. The van der Waals surface area contributed by atoms with E-state index in [4.69, 9.17) is 4.42 Å². The number of nitrogens with zero attached hydrogens (tertiary/aromatic N) is 2. The lowest BCUT2D eigenvalue weighted by atomic mass is 9.82. The average molecular weight is 339 g/mol. The molecule has 1 aromatic heterocycles. The molecule has 0 atom stereocenters. The molecule has 4 rings (SSSR count). The molecule has 1 aromatic carbocycles. The number of benzene rings is 1. The molecule has 6 nitrogen and oxygen atoms in total. The molecule has 1 saturated heterocycles. The van der Waals surface area contributed by atoms with Crippen molar-refractivity contribution in [3.05, 3.63) is 41.8 Å². The summed E-state index contributed by atoms with van der Waals surface area (Å²) in [5.41, 5.74) is 0.794. The van der Waals surface area contributed by atoms with Gasteiger partial charge in [-0.3, -0.25) is 9.69 Å². The van der Waals surface area contributed by atoms with Gasteiger partial charge in [0.05, 0.1) is 6.54 Å². The highest BCUT2D eigenvalue weighted by Crippen LogP contribution is 2.34. The molecule has 0 unspecified atom stereocenters. The molecule has 3 amide bonds. The van der Waals surface area contributed by atoms with Gasteiger partial charge in [-0.2, -0.15) is 0 Å². The Labute approximate surface area is 146 Å². The second kappa shape index (κ2) is 6.02. The molecule has 2 aromatic rings. The van der Waals surface area contributed by atoms with Crippen LogP contribution in [0.25, 0.3) is 11.5 Å². The lowest BCUT2D eigenvalue weighted by Crippen LogP contribution is -2.48. The lowest BCUT2D eigenvalue weighted by molar-refractivity contribution is -0.132. The fraction of sp³-hybridized carbons (Fsp3) is 0.421. The Morgan fingerprint density at radius 3 is 2.60 bits per heavy atom. The Balaban J connectivity index is 1.57. The molecule has 1 aliphatic carbocycles. The number of carbonyl (C=O) groups excluding carboxylic acids is 2. The quantitative estimate of drug-likeness (QED) is 0.870. The van der Waals surface area contributed by atoms with Crippen molar-refractivity contribution in [1.29, 1.82) is 0 Å². The third-order valence-corrected chi connectivity index (χ3v) is 5.17. The minimum absolute atomic E-state index is 0.124. The maximum atomic E-state index is 12.9. The second-order valence-corrected chi connectivity index (χ2v) is 6.85. The van der Waals surface area contributed by atoms with Gasteiger partial charge in [0.25, 0.3) is 5.91 Å². The zero-order valence-corrected chi connectivity index (χ0v) is 14.2. The van der Waals surface area contributed by atoms with Crippen LogP contribution in [0.4, 0.5) is 4.79 Å². The van der Waals surface area contributed by atoms with Gasteiger partial charge in [-0.05, 0) is 31.9 Å². The number of hydrogen-bond acceptors (Lipinski definition) is 4. The van der Waals surface area contributed by atoms with Crippen molar-refractivity contribution >= 4 is 11.9 Å². The summed E-state index contributed by atoms with van der Waals surface area (Å²) in [6, 6.07) is 9.27. The zero-order valence-electron chi connectivity index (χ0n) is 14.2. The average Bonchev–Trinajstić information content (AvgIpc) is 3.10. The van der Waals surface area contributed by atoms with E-state index in [1.807, 2.05) is 37.3 Å². The standard InChI is InChI=1S/C19H21N3O3/c1-13-15(20-16(25-13)14-8-4-2-5-9-14)12-22-17(23)19(21-18(22)24)10-6-3-7-11-19/h2,4-5,8-9H,3,6-7,10-12H2,1H3,(H,21,24). The summed E-state index contributed by atoms with van der Waals surface area (Å²) in [6.45, 7) is 1.96. The van der Waals surface area contributed by atoms with Gasteiger partial charge < -0.3 is 9.73 Å². The molecule has 0 bridgehead atoms. The van der Waals surface area contributed by atoms with Gasteiger partial charge in [0.2, 0.25) is 5.89 Å². The highest BCUT2D eigenvalue weighted by Gasteiger charge is 2.51. The Morgan fingerprint density at radius 2 is 1.88 bits per heavy atom. The van der Waals surface area contributed by atoms with Gasteiger partial charge in [0, 0.05) is 5.56 Å². The molecular weight excluding hydrogens is 318 g/mol. The fourth-order valence-electron chi connectivity index (χ4n) is 3.74. The number of amides is 3. The molecule has 0 radical (unpaired) electrons. The van der Waals surface area contributed by atoms with Crippen LogP contribution in [0.15, 0.2) is 34.7 Å². The van der Waals surface area contributed by atoms with E-state index in [2.05, 4.69) is 10.3 Å². The van der Waals surface area contributed by atoms with Crippen molar-refractivity contribution in [2.75, 3.05) is 0 Å². The molecule has 1 saturated carbocycles. The molecule has 6 heteroatoms. The van der Waals surface area contributed by atoms with E-state index < -0.39 is 5.54 Å². The minimum Gasteiger partial charge on any atom is -0.441 e. The number of nitrogens with one attached hydrogen (secondary N) is 1. The third kappa shape index (κ3) is 2.71. The maximum Gasteiger partial charge on any atom is 0.325 e. The summed E-state index contributed by atoms with van der Waals surface area (Å²) in [6.07, 6.45) is 4.51. The van der Waals surface area contributed by atoms with Gasteiger partial charge in [0.15, 0.2) is 0 Å². The molecule has 1 spiro atoms. The van der Waals surface area contributed by atoms with Crippen LogP contribution < -0.4 is 5.32 Å². The van der Waals surface area contributed by atoms with Crippen LogP contribution in [0.5, 0.6) is 0 Å². The number of carbonyl (C=O) groups is 2. The molecule has 130 valence electrons. The first-order valence-corrected chi connectivity index (χ1v) is 8.75. The number of hydrogen-bond donors (Lipinski definition) is 1. The van der Waals surface area contributed by atoms with Crippen LogP contribution in [0.3, 0.4) is 0 Å². The molecule has 1 N–H and O–H groups in total. The Kier molecular flexibility index (Phi) is 3.82. The van der Waals surface area contributed by atoms with Crippen molar-refractivity contribution in [3.8, 4) is 11.5 Å². The van der Waals surface area contributed by atoms with Gasteiger partial charge in [-0.25, -0.2) is 9.78 Å². The monoisotopic (exact) mass is 339 g/mol. The van der Waals surface area contributed by atoms with Gasteiger partial charge >= 0.3 is 6.03 Å². The first-order chi connectivity index (χ1) is 12.1. The largest absolute Gasteiger partial charge is 0.441 e. The summed E-state index contributed by atoms with van der Waals surface area (Å²) in [7, 11) is 0. The van der Waals surface area contributed by atoms with Crippen LogP contribution >= 0.6 is 0 Å². The number of aromatic nitrogens is 1. The minimum atomic E-state index is -0.699. The molecule has 25 heavy (non-hydrogen) atoms. The number of oxazole rings is 1. The van der Waals surface area contributed by atoms with E-state index in [1.54, 1.807) is 0 Å². The van der Waals surface area contributed by atoms with E-state index in [9.17, 15) is 9.59 Å². The Hall–Kier alpha value is -2.63. The number of aryl methyl sites for hydroxylation is 1. The predicted molar refractivity (Wildman–Crippen MR) is 91.6 cm³/mol. The second-order valence-electron chi connectivity index (χ2n) is 6.85. The van der Waals surface area contributed by atoms with E-state index in [-0.39, 0.29) is 18.5 Å². The van der Waals surface area contributed by atoms with Gasteiger partial charge in [-0.1, -0.05) is 37.5 Å². The highest BCUT2D eigenvalue weighted by atomic mass is 16.4. The first-order valence-electron chi connectivity index (χ1n) is 8.75. The topological polar surface area (TPSA) is 75.4 Å². The zero-order chi connectivity index (χ0) is 17.4. The molecule has 2 heterocycles.